The van der Waals surface area contributed by atoms with Gasteiger partial charge in [0.05, 0.1) is 12.6 Å². The molecule has 12 aromatic rings. The van der Waals surface area contributed by atoms with Crippen molar-refractivity contribution >= 4 is 58.3 Å². The van der Waals surface area contributed by atoms with Crippen LogP contribution in [0.4, 0.5) is 5.69 Å². The molecule has 72 heavy (non-hydrogen) atoms. The van der Waals surface area contributed by atoms with E-state index in [1.54, 1.807) is 12.1 Å². The van der Waals surface area contributed by atoms with Crippen LogP contribution in [0.5, 0.6) is 0 Å². The molecule has 0 spiro atoms. The maximum atomic E-state index is 10.3. The summed E-state index contributed by atoms with van der Waals surface area (Å²) in [5.74, 6) is 1.67. The van der Waals surface area contributed by atoms with E-state index in [9.17, 15) is 5.26 Å². The number of aromatic nitrogens is 4. The van der Waals surface area contributed by atoms with Gasteiger partial charge in [0.2, 0.25) is 0 Å². The van der Waals surface area contributed by atoms with Gasteiger partial charge in [-0.1, -0.05) is 24.3 Å². The van der Waals surface area contributed by atoms with Gasteiger partial charge in [0.1, 0.15) is 0 Å². The maximum absolute atomic E-state index is 10.3. The molecular formula is C65H42GeN6. The molecule has 0 aliphatic carbocycles. The summed E-state index contributed by atoms with van der Waals surface area (Å²) in [6.07, 6.45) is 0. The quantitative estimate of drug-likeness (QED) is 0.101. The van der Waals surface area contributed by atoms with Crippen LogP contribution in [0, 0.1) is 17.9 Å². The number of hydrogen-bond acceptors (Lipinski definition) is 4. The number of benzene rings is 10. The molecule has 0 radical (unpaired) electrons. The molecule has 2 aromatic heterocycles. The normalized spacial score (nSPS) is 11.3. The van der Waals surface area contributed by atoms with Crippen molar-refractivity contribution in [2.45, 2.75) is 0 Å². The first-order valence-electron chi connectivity index (χ1n) is 23.8. The van der Waals surface area contributed by atoms with Crippen LogP contribution in [0.1, 0.15) is 5.56 Å². The second-order valence-electron chi connectivity index (χ2n) is 17.7. The number of para-hydroxylation sites is 1. The topological polar surface area (TPSA) is 71.8 Å². The van der Waals surface area contributed by atoms with Crippen molar-refractivity contribution in [3.8, 4) is 68.2 Å². The molecule has 2 heterocycles. The summed E-state index contributed by atoms with van der Waals surface area (Å²) in [6, 6.07) is 91.8. The predicted octanol–water partition coefficient (Wildman–Crippen LogP) is 13.1. The van der Waals surface area contributed by atoms with E-state index in [1.165, 1.54) is 17.6 Å². The standard InChI is InChI=1S/C65H42GeN6/c1-68-55-36-38-56(50(41-55)44-67)49-34-37-58-57-32-17-18-33-60(57)72(62(58)43-49)61-39-35-48(42-59(61)65-70-63(45-20-7-2-8-21-45)69-64(71-65)46-22-9-3-10-23-46)47-24-19-31-54(40-47)66(51-25-11-4-12-26-51,52-27-13-5-14-28-52)53-29-15-6-16-30-53/h2-43H. The Hall–Kier alpha value is -9.47. The van der Waals surface area contributed by atoms with Gasteiger partial charge in [-0.2, -0.15) is 5.26 Å². The van der Waals surface area contributed by atoms with Gasteiger partial charge < -0.3 is 0 Å². The van der Waals surface area contributed by atoms with E-state index >= 15 is 0 Å². The number of fused-ring (bicyclic) bond motifs is 3. The molecule has 7 heteroatoms. The third-order valence-electron chi connectivity index (χ3n) is 13.7. The van der Waals surface area contributed by atoms with Crippen LogP contribution in [0.15, 0.2) is 255 Å². The van der Waals surface area contributed by atoms with E-state index in [-0.39, 0.29) is 0 Å². The van der Waals surface area contributed by atoms with Crippen LogP contribution in [0.3, 0.4) is 0 Å². The predicted molar refractivity (Wildman–Crippen MR) is 296 cm³/mol. The summed E-state index contributed by atoms with van der Waals surface area (Å²) < 4.78 is 7.67. The van der Waals surface area contributed by atoms with Crippen molar-refractivity contribution in [1.82, 2.24) is 19.5 Å². The van der Waals surface area contributed by atoms with Crippen LogP contribution in [0.25, 0.3) is 88.8 Å². The Morgan fingerprint density at radius 3 is 1.49 bits per heavy atom. The first-order valence-corrected chi connectivity index (χ1v) is 28.0. The fraction of sp³-hybridized carbons (Fsp3) is 0. The van der Waals surface area contributed by atoms with Gasteiger partial charge >= 0.3 is 359 Å². The fourth-order valence-electron chi connectivity index (χ4n) is 10.4. The molecule has 0 bridgehead atoms. The minimum atomic E-state index is -3.64. The molecule has 0 unspecified atom stereocenters. The summed E-state index contributed by atoms with van der Waals surface area (Å²) in [5.41, 5.74) is 10.0. The first-order chi connectivity index (χ1) is 35.6. The second-order valence-corrected chi connectivity index (χ2v) is 25.7. The molecule has 0 aliphatic heterocycles. The Morgan fingerprint density at radius 1 is 0.389 bits per heavy atom. The van der Waals surface area contributed by atoms with E-state index in [1.807, 2.05) is 66.7 Å². The summed E-state index contributed by atoms with van der Waals surface area (Å²) in [7, 11) is 0. The minimum Gasteiger partial charge on any atom is -0.192 e. The Balaban J connectivity index is 1.14. The molecule has 0 atom stereocenters. The number of nitriles is 1. The molecule has 0 amide bonds. The van der Waals surface area contributed by atoms with Crippen molar-refractivity contribution in [2.24, 2.45) is 0 Å². The SMILES string of the molecule is [C-]#[N+]c1ccc(-c2ccc3c4ccccc4n(-c4ccc(-c5ccc[c]([Ge]([c]6ccccc6)([c]6ccccc6)[c]6ccccc6)c5)cc4-c4nc(-c5ccccc5)nc(-c5ccccc5)n4)c3c2)c(C#N)c1. The van der Waals surface area contributed by atoms with E-state index in [0.29, 0.717) is 28.7 Å². The average Bonchev–Trinajstić information content (AvgIpc) is 3.79. The molecular weight excluding hydrogens is 937 g/mol. The molecule has 0 saturated carbocycles. The second kappa shape index (κ2) is 18.8. The third kappa shape index (κ3) is 7.74. The molecule has 0 aliphatic rings. The zero-order chi connectivity index (χ0) is 48.4. The summed E-state index contributed by atoms with van der Waals surface area (Å²) >= 11 is -3.64. The Bertz CT molecular complexity index is 3900. The maximum Gasteiger partial charge on any atom is 0.0984 e. The molecule has 0 fully saturated rings. The van der Waals surface area contributed by atoms with Crippen LogP contribution in [-0.4, -0.2) is 32.8 Å². The zero-order valence-electron chi connectivity index (χ0n) is 38.9. The summed E-state index contributed by atoms with van der Waals surface area (Å²) in [6.45, 7) is 7.61. The monoisotopic (exact) mass is 980 g/mol. The molecule has 12 rings (SSSR count). The number of hydrogen-bond donors (Lipinski definition) is 0. The van der Waals surface area contributed by atoms with Crippen LogP contribution < -0.4 is 17.6 Å². The van der Waals surface area contributed by atoms with Gasteiger partial charge in [-0.25, -0.2) is 4.85 Å². The van der Waals surface area contributed by atoms with E-state index < -0.39 is 13.3 Å². The van der Waals surface area contributed by atoms with Gasteiger partial charge in [0, 0.05) is 5.56 Å². The van der Waals surface area contributed by atoms with E-state index in [4.69, 9.17) is 21.5 Å². The third-order valence-corrected chi connectivity index (χ3v) is 23.7. The van der Waals surface area contributed by atoms with Gasteiger partial charge in [-0.3, -0.25) is 0 Å². The van der Waals surface area contributed by atoms with Gasteiger partial charge in [-0.15, -0.1) is 0 Å². The smallest absolute Gasteiger partial charge is 0.0984 e. The summed E-state index contributed by atoms with van der Waals surface area (Å²) in [4.78, 5) is 19.4. The first kappa shape index (κ1) is 43.8. The van der Waals surface area contributed by atoms with Crippen molar-refractivity contribution in [2.75, 3.05) is 0 Å². The van der Waals surface area contributed by atoms with Gasteiger partial charge in [0.25, 0.3) is 0 Å². The molecule has 336 valence electrons. The number of nitrogens with zero attached hydrogens (tertiary/aromatic N) is 6. The van der Waals surface area contributed by atoms with E-state index in [2.05, 4.69) is 191 Å². The van der Waals surface area contributed by atoms with E-state index in [0.717, 1.165) is 66.4 Å². The van der Waals surface area contributed by atoms with Crippen LogP contribution in [-0.2, 0) is 0 Å². The van der Waals surface area contributed by atoms with Crippen molar-refractivity contribution in [3.05, 3.63) is 272 Å². The largest absolute Gasteiger partial charge is 0.192 e. The number of rotatable bonds is 10. The van der Waals surface area contributed by atoms with Crippen molar-refractivity contribution in [3.63, 3.8) is 0 Å². The fourth-order valence-corrected chi connectivity index (χ4v) is 20.4. The Morgan fingerprint density at radius 2 is 0.889 bits per heavy atom. The van der Waals surface area contributed by atoms with Crippen LogP contribution >= 0.6 is 0 Å². The molecule has 10 aromatic carbocycles. The Kier molecular flexibility index (Phi) is 11.4. The Labute approximate surface area is 420 Å². The molecule has 6 nitrogen and oxygen atoms in total. The zero-order valence-corrected chi connectivity index (χ0v) is 41.0. The van der Waals surface area contributed by atoms with Crippen LogP contribution in [0.2, 0.25) is 0 Å². The molecule has 0 N–H and O–H groups in total. The minimum absolute atomic E-state index is 0.428. The van der Waals surface area contributed by atoms with Crippen molar-refractivity contribution in [1.29, 1.82) is 5.26 Å². The molecule has 0 saturated heterocycles. The van der Waals surface area contributed by atoms with Gasteiger partial charge in [-0.05, 0) is 6.07 Å². The summed E-state index contributed by atoms with van der Waals surface area (Å²) in [5, 5.41) is 12.5. The van der Waals surface area contributed by atoms with Gasteiger partial charge in [0.15, 0.2) is 5.69 Å². The van der Waals surface area contributed by atoms with Crippen molar-refractivity contribution < 1.29 is 0 Å². The average molecular weight is 980 g/mol.